The summed E-state index contributed by atoms with van der Waals surface area (Å²) in [4.78, 5) is 21.7. The number of carbonyl (C=O) groups excluding carboxylic acids is 1. The van der Waals surface area contributed by atoms with Gasteiger partial charge in [-0.1, -0.05) is 30.3 Å². The number of fused-ring (bicyclic) bond motifs is 1. The second-order valence-corrected chi connectivity index (χ2v) is 6.87. The molecule has 1 atom stereocenters. The lowest BCUT2D eigenvalue weighted by molar-refractivity contribution is 0.0978. The lowest BCUT2D eigenvalue weighted by Gasteiger charge is -2.06. The highest BCUT2D eigenvalue weighted by Crippen LogP contribution is 2.25. The van der Waals surface area contributed by atoms with E-state index in [1.165, 1.54) is 0 Å². The summed E-state index contributed by atoms with van der Waals surface area (Å²) in [5.41, 5.74) is 10.5. The van der Waals surface area contributed by atoms with Gasteiger partial charge in [-0.2, -0.15) is 5.10 Å². The Morgan fingerprint density at radius 3 is 2.75 bits per heavy atom. The molecule has 0 unspecified atom stereocenters. The van der Waals surface area contributed by atoms with E-state index in [9.17, 15) is 4.79 Å². The summed E-state index contributed by atoms with van der Waals surface area (Å²) in [6.45, 7) is 1.90. The molecule has 28 heavy (non-hydrogen) atoms. The van der Waals surface area contributed by atoms with Crippen LogP contribution in [-0.2, 0) is 0 Å². The van der Waals surface area contributed by atoms with Crippen LogP contribution >= 0.6 is 0 Å². The molecule has 140 valence electrons. The Hall–Kier alpha value is -3.38. The van der Waals surface area contributed by atoms with Gasteiger partial charge in [0.2, 0.25) is 0 Å². The zero-order chi connectivity index (χ0) is 19.5. The van der Waals surface area contributed by atoms with E-state index in [2.05, 4.69) is 10.1 Å². The topological polar surface area (TPSA) is 86.2 Å². The number of aromatic nitrogens is 4. The minimum Gasteiger partial charge on any atom is -0.328 e. The first kappa shape index (κ1) is 18.0. The maximum atomic E-state index is 12.5. The summed E-state index contributed by atoms with van der Waals surface area (Å²) >= 11 is 0. The second-order valence-electron chi connectivity index (χ2n) is 6.87. The van der Waals surface area contributed by atoms with Gasteiger partial charge in [-0.05, 0) is 31.5 Å². The maximum Gasteiger partial charge on any atom is 0.164 e. The Morgan fingerprint density at radius 2 is 1.96 bits per heavy atom. The van der Waals surface area contributed by atoms with Gasteiger partial charge in [-0.3, -0.25) is 9.78 Å². The SMILES string of the molecule is C[C@H](N)CCC(=O)c1ccnc(-c2cnn3ccc(-c4ccccc4)nc23)c1. The molecule has 0 saturated heterocycles. The number of nitrogens with zero attached hydrogens (tertiary/aromatic N) is 4. The van der Waals surface area contributed by atoms with E-state index in [0.29, 0.717) is 29.7 Å². The van der Waals surface area contributed by atoms with Crippen LogP contribution in [0.1, 0.15) is 30.1 Å². The predicted octanol–water partition coefficient (Wildman–Crippen LogP) is 3.77. The van der Waals surface area contributed by atoms with E-state index in [-0.39, 0.29) is 11.8 Å². The molecule has 0 bridgehead atoms. The van der Waals surface area contributed by atoms with E-state index in [4.69, 9.17) is 10.7 Å². The van der Waals surface area contributed by atoms with Gasteiger partial charge in [0, 0.05) is 36.0 Å². The molecule has 0 radical (unpaired) electrons. The number of hydrogen-bond donors (Lipinski definition) is 1. The number of rotatable bonds is 6. The first-order chi connectivity index (χ1) is 13.6. The third-order valence-electron chi connectivity index (χ3n) is 4.62. The molecule has 0 aliphatic rings. The van der Waals surface area contributed by atoms with Crippen molar-refractivity contribution in [3.8, 4) is 22.5 Å². The highest BCUT2D eigenvalue weighted by atomic mass is 16.1. The van der Waals surface area contributed by atoms with Gasteiger partial charge in [-0.15, -0.1) is 0 Å². The lowest BCUT2D eigenvalue weighted by atomic mass is 10.0. The van der Waals surface area contributed by atoms with Crippen molar-refractivity contribution in [2.75, 3.05) is 0 Å². The summed E-state index contributed by atoms with van der Waals surface area (Å²) in [6.07, 6.45) is 6.35. The minimum absolute atomic E-state index is 0.00508. The van der Waals surface area contributed by atoms with Gasteiger partial charge in [0.05, 0.1) is 23.1 Å². The lowest BCUT2D eigenvalue weighted by Crippen LogP contribution is -2.16. The molecule has 2 N–H and O–H groups in total. The smallest absolute Gasteiger partial charge is 0.164 e. The van der Waals surface area contributed by atoms with Gasteiger partial charge in [-0.25, -0.2) is 9.50 Å². The molecule has 4 aromatic rings. The average Bonchev–Trinajstić information content (AvgIpc) is 3.16. The fourth-order valence-corrected chi connectivity index (χ4v) is 3.07. The molecule has 0 aliphatic carbocycles. The predicted molar refractivity (Wildman–Crippen MR) is 109 cm³/mol. The molecule has 3 aromatic heterocycles. The van der Waals surface area contributed by atoms with Crippen molar-refractivity contribution in [1.29, 1.82) is 0 Å². The van der Waals surface area contributed by atoms with Crippen LogP contribution in [0, 0.1) is 0 Å². The van der Waals surface area contributed by atoms with Gasteiger partial charge in [0.15, 0.2) is 11.4 Å². The normalized spacial score (nSPS) is 12.2. The Labute approximate surface area is 163 Å². The number of nitrogens with two attached hydrogens (primary N) is 1. The molecule has 0 aliphatic heterocycles. The molecular formula is C22H21N5O. The highest BCUT2D eigenvalue weighted by Gasteiger charge is 2.14. The van der Waals surface area contributed by atoms with Gasteiger partial charge >= 0.3 is 0 Å². The third kappa shape index (κ3) is 3.68. The first-order valence-electron chi connectivity index (χ1n) is 9.27. The summed E-state index contributed by atoms with van der Waals surface area (Å²) in [5, 5.41) is 4.38. The number of carbonyl (C=O) groups is 1. The zero-order valence-electron chi connectivity index (χ0n) is 15.6. The van der Waals surface area contributed by atoms with Gasteiger partial charge in [0.25, 0.3) is 0 Å². The van der Waals surface area contributed by atoms with Crippen molar-refractivity contribution in [3.05, 3.63) is 72.7 Å². The second kappa shape index (κ2) is 7.70. The number of hydrogen-bond acceptors (Lipinski definition) is 5. The molecular weight excluding hydrogens is 350 g/mol. The van der Waals surface area contributed by atoms with Crippen molar-refractivity contribution < 1.29 is 4.79 Å². The minimum atomic E-state index is 0.00508. The number of ketones is 1. The van der Waals surface area contributed by atoms with Crippen LogP contribution in [0.2, 0.25) is 0 Å². The Balaban J connectivity index is 1.71. The number of Topliss-reactive ketones (excluding diaryl/α,β-unsaturated/α-hetero) is 1. The quantitative estimate of drug-likeness (QED) is 0.522. The van der Waals surface area contributed by atoms with Gasteiger partial charge < -0.3 is 5.73 Å². The molecule has 1 aromatic carbocycles. The van der Waals surface area contributed by atoms with E-state index in [0.717, 1.165) is 16.8 Å². The largest absolute Gasteiger partial charge is 0.328 e. The van der Waals surface area contributed by atoms with E-state index < -0.39 is 0 Å². The van der Waals surface area contributed by atoms with Crippen LogP contribution in [0.4, 0.5) is 0 Å². The van der Waals surface area contributed by atoms with Crippen molar-refractivity contribution in [3.63, 3.8) is 0 Å². The third-order valence-corrected chi connectivity index (χ3v) is 4.62. The standard InChI is InChI=1S/C22H21N5O/c1-15(23)7-8-21(28)17-9-11-24-20(13-17)18-14-25-27-12-10-19(26-22(18)27)16-5-3-2-4-6-16/h2-6,9-15H,7-8,23H2,1H3/t15-/m0/s1. The fourth-order valence-electron chi connectivity index (χ4n) is 3.07. The van der Waals surface area contributed by atoms with Crippen LogP contribution in [0.25, 0.3) is 28.2 Å². The van der Waals surface area contributed by atoms with Crippen molar-refractivity contribution in [2.45, 2.75) is 25.8 Å². The van der Waals surface area contributed by atoms with Crippen LogP contribution < -0.4 is 5.73 Å². The molecule has 0 fully saturated rings. The molecule has 6 nitrogen and oxygen atoms in total. The molecule has 6 heteroatoms. The van der Waals surface area contributed by atoms with E-state index in [1.807, 2.05) is 49.5 Å². The first-order valence-corrected chi connectivity index (χ1v) is 9.27. The summed E-state index contributed by atoms with van der Waals surface area (Å²) in [5.74, 6) is 0.0651. The van der Waals surface area contributed by atoms with Crippen molar-refractivity contribution in [2.24, 2.45) is 5.73 Å². The van der Waals surface area contributed by atoms with Crippen molar-refractivity contribution in [1.82, 2.24) is 19.6 Å². The van der Waals surface area contributed by atoms with E-state index in [1.54, 1.807) is 29.0 Å². The molecule has 3 heterocycles. The molecule has 0 saturated carbocycles. The number of pyridine rings is 1. The van der Waals surface area contributed by atoms with Crippen LogP contribution in [0.3, 0.4) is 0 Å². The Morgan fingerprint density at radius 1 is 1.14 bits per heavy atom. The Bertz CT molecular complexity index is 1120. The maximum absolute atomic E-state index is 12.5. The summed E-state index contributed by atoms with van der Waals surface area (Å²) in [7, 11) is 0. The average molecular weight is 371 g/mol. The fraction of sp³-hybridized carbons (Fsp3) is 0.182. The molecule has 0 spiro atoms. The van der Waals surface area contributed by atoms with Crippen LogP contribution in [-0.4, -0.2) is 31.4 Å². The van der Waals surface area contributed by atoms with Crippen LogP contribution in [0.15, 0.2) is 67.1 Å². The zero-order valence-corrected chi connectivity index (χ0v) is 15.6. The Kier molecular flexibility index (Phi) is 4.95. The van der Waals surface area contributed by atoms with E-state index >= 15 is 0 Å². The number of benzene rings is 1. The molecule has 0 amide bonds. The van der Waals surface area contributed by atoms with Crippen molar-refractivity contribution >= 4 is 11.4 Å². The monoisotopic (exact) mass is 371 g/mol. The highest BCUT2D eigenvalue weighted by molar-refractivity contribution is 5.97. The summed E-state index contributed by atoms with van der Waals surface area (Å²) < 4.78 is 1.72. The molecule has 4 rings (SSSR count). The summed E-state index contributed by atoms with van der Waals surface area (Å²) in [6, 6.07) is 15.5. The van der Waals surface area contributed by atoms with Gasteiger partial charge in [0.1, 0.15) is 0 Å². The van der Waals surface area contributed by atoms with Crippen LogP contribution in [0.5, 0.6) is 0 Å².